The second-order valence-electron chi connectivity index (χ2n) is 9.21. The molecule has 0 bridgehead atoms. The molecular formula is C29H32ClN3O3. The monoisotopic (exact) mass is 505 g/mol. The van der Waals surface area contributed by atoms with Gasteiger partial charge in [-0.25, -0.2) is 0 Å². The highest BCUT2D eigenvalue weighted by Crippen LogP contribution is 2.37. The Morgan fingerprint density at radius 3 is 2.56 bits per heavy atom. The second-order valence-corrected chi connectivity index (χ2v) is 9.65. The summed E-state index contributed by atoms with van der Waals surface area (Å²) >= 11 is 6.16. The molecular weight excluding hydrogens is 474 g/mol. The van der Waals surface area contributed by atoms with Gasteiger partial charge in [-0.3, -0.25) is 14.4 Å². The maximum absolute atomic E-state index is 13.4. The smallest absolute Gasteiger partial charge is 0.258 e. The Labute approximate surface area is 217 Å². The Bertz CT molecular complexity index is 1270. The molecule has 1 heterocycles. The standard InChI is InChI=1S/C29H32ClN3O3/c1-3-4-16-31-28(35)20(2)33(19-21-9-5-12-23(30)18-21)26(34)15-8-17-32-25-14-7-11-22-10-6-13-24(27(22)25)29(32)36/h5-7,9-14,18,20H,3-4,8,15-17,19H2,1-2H3,(H,31,35). The van der Waals surface area contributed by atoms with Gasteiger partial charge in [-0.1, -0.05) is 61.3 Å². The van der Waals surface area contributed by atoms with Crippen molar-refractivity contribution in [2.45, 2.75) is 52.1 Å². The van der Waals surface area contributed by atoms with Crippen molar-refractivity contribution in [1.82, 2.24) is 10.2 Å². The summed E-state index contributed by atoms with van der Waals surface area (Å²) in [4.78, 5) is 42.6. The summed E-state index contributed by atoms with van der Waals surface area (Å²) in [5.74, 6) is -0.333. The summed E-state index contributed by atoms with van der Waals surface area (Å²) in [5.41, 5.74) is 2.45. The van der Waals surface area contributed by atoms with E-state index >= 15 is 0 Å². The number of amides is 3. The van der Waals surface area contributed by atoms with E-state index in [-0.39, 0.29) is 30.7 Å². The molecule has 0 saturated heterocycles. The summed E-state index contributed by atoms with van der Waals surface area (Å²) in [6.45, 7) is 5.12. The largest absolute Gasteiger partial charge is 0.354 e. The number of anilines is 1. The molecule has 0 radical (unpaired) electrons. The number of unbranched alkanes of at least 4 members (excludes halogenated alkanes) is 1. The molecule has 0 spiro atoms. The SMILES string of the molecule is CCCCNC(=O)C(C)N(Cc1cccc(Cl)c1)C(=O)CCCN1C(=O)c2cccc3cccc1c23. The van der Waals surface area contributed by atoms with Gasteiger partial charge >= 0.3 is 0 Å². The van der Waals surface area contributed by atoms with Crippen molar-refractivity contribution in [2.75, 3.05) is 18.0 Å². The van der Waals surface area contributed by atoms with E-state index in [1.807, 2.05) is 54.6 Å². The van der Waals surface area contributed by atoms with E-state index in [0.717, 1.165) is 34.9 Å². The van der Waals surface area contributed by atoms with Crippen LogP contribution < -0.4 is 10.2 Å². The highest BCUT2D eigenvalue weighted by Gasteiger charge is 2.30. The molecule has 0 saturated carbocycles. The third kappa shape index (κ3) is 5.54. The molecule has 3 aromatic rings. The van der Waals surface area contributed by atoms with Crippen LogP contribution in [0.5, 0.6) is 0 Å². The molecule has 188 valence electrons. The fraction of sp³-hybridized carbons (Fsp3) is 0.345. The van der Waals surface area contributed by atoms with Crippen molar-refractivity contribution >= 4 is 45.8 Å². The van der Waals surface area contributed by atoms with Gasteiger partial charge in [-0.15, -0.1) is 0 Å². The van der Waals surface area contributed by atoms with Gasteiger partial charge in [-0.05, 0) is 55.0 Å². The topological polar surface area (TPSA) is 69.7 Å². The number of halogens is 1. The zero-order valence-corrected chi connectivity index (χ0v) is 21.6. The number of carbonyl (C=O) groups excluding carboxylic acids is 3. The van der Waals surface area contributed by atoms with Gasteiger partial charge in [0.2, 0.25) is 11.8 Å². The first-order chi connectivity index (χ1) is 17.4. The number of benzene rings is 3. The molecule has 3 aromatic carbocycles. The van der Waals surface area contributed by atoms with Crippen LogP contribution >= 0.6 is 11.6 Å². The lowest BCUT2D eigenvalue weighted by Crippen LogP contribution is -2.47. The van der Waals surface area contributed by atoms with Gasteiger partial charge in [0.25, 0.3) is 5.91 Å². The highest BCUT2D eigenvalue weighted by molar-refractivity contribution is 6.30. The molecule has 3 amide bonds. The number of nitrogens with one attached hydrogen (secondary N) is 1. The van der Waals surface area contributed by atoms with Crippen molar-refractivity contribution in [3.05, 3.63) is 76.8 Å². The minimum atomic E-state index is -0.625. The third-order valence-electron chi connectivity index (χ3n) is 6.66. The van der Waals surface area contributed by atoms with Crippen molar-refractivity contribution in [1.29, 1.82) is 0 Å². The predicted molar refractivity (Wildman–Crippen MR) is 144 cm³/mol. The molecule has 0 aliphatic carbocycles. The fourth-order valence-corrected chi connectivity index (χ4v) is 4.90. The Hall–Kier alpha value is -3.38. The molecule has 0 fully saturated rings. The Morgan fingerprint density at radius 1 is 1.06 bits per heavy atom. The van der Waals surface area contributed by atoms with Gasteiger partial charge in [0.15, 0.2) is 0 Å². The molecule has 1 unspecified atom stereocenters. The molecule has 6 nitrogen and oxygen atoms in total. The number of carbonyl (C=O) groups is 3. The van der Waals surface area contributed by atoms with Gasteiger partial charge in [0.05, 0.1) is 5.69 Å². The number of hydrogen-bond acceptors (Lipinski definition) is 3. The third-order valence-corrected chi connectivity index (χ3v) is 6.90. The van der Waals surface area contributed by atoms with E-state index in [0.29, 0.717) is 30.1 Å². The summed E-state index contributed by atoms with van der Waals surface area (Å²) in [7, 11) is 0. The quantitative estimate of drug-likeness (QED) is 0.346. The van der Waals surface area contributed by atoms with Gasteiger partial charge < -0.3 is 15.1 Å². The summed E-state index contributed by atoms with van der Waals surface area (Å²) in [6.07, 6.45) is 2.58. The van der Waals surface area contributed by atoms with E-state index in [9.17, 15) is 14.4 Å². The average molecular weight is 506 g/mol. The van der Waals surface area contributed by atoms with Crippen LogP contribution in [0, 0.1) is 0 Å². The Morgan fingerprint density at radius 2 is 1.81 bits per heavy atom. The maximum Gasteiger partial charge on any atom is 0.258 e. The molecule has 1 aliphatic heterocycles. The fourth-order valence-electron chi connectivity index (χ4n) is 4.68. The zero-order valence-electron chi connectivity index (χ0n) is 20.8. The van der Waals surface area contributed by atoms with Crippen molar-refractivity contribution in [2.24, 2.45) is 0 Å². The van der Waals surface area contributed by atoms with Gasteiger partial charge in [-0.2, -0.15) is 0 Å². The number of nitrogens with zero attached hydrogens (tertiary/aromatic N) is 2. The molecule has 4 rings (SSSR count). The molecule has 7 heteroatoms. The van der Waals surface area contributed by atoms with Crippen LogP contribution in [0.1, 0.15) is 55.5 Å². The lowest BCUT2D eigenvalue weighted by molar-refractivity contribution is -0.140. The van der Waals surface area contributed by atoms with Gasteiger partial charge in [0, 0.05) is 42.0 Å². The Kier molecular flexibility index (Phi) is 8.26. The summed E-state index contributed by atoms with van der Waals surface area (Å²) in [5, 5.41) is 5.52. The Balaban J connectivity index is 1.44. The highest BCUT2D eigenvalue weighted by atomic mass is 35.5. The first-order valence-corrected chi connectivity index (χ1v) is 12.9. The van der Waals surface area contributed by atoms with Crippen molar-refractivity contribution in [3.63, 3.8) is 0 Å². The van der Waals surface area contributed by atoms with Crippen LogP contribution in [0.3, 0.4) is 0 Å². The van der Waals surface area contributed by atoms with Crippen molar-refractivity contribution in [3.8, 4) is 0 Å². The normalized spacial score (nSPS) is 13.2. The number of rotatable bonds is 11. The van der Waals surface area contributed by atoms with E-state index in [2.05, 4.69) is 12.2 Å². The van der Waals surface area contributed by atoms with Crippen LogP contribution in [0.25, 0.3) is 10.8 Å². The maximum atomic E-state index is 13.4. The first kappa shape index (κ1) is 25.7. The van der Waals surface area contributed by atoms with Crippen LogP contribution in [0.2, 0.25) is 5.02 Å². The van der Waals surface area contributed by atoms with E-state index in [4.69, 9.17) is 11.6 Å². The van der Waals surface area contributed by atoms with Crippen molar-refractivity contribution < 1.29 is 14.4 Å². The van der Waals surface area contributed by atoms with Crippen LogP contribution in [0.4, 0.5) is 5.69 Å². The first-order valence-electron chi connectivity index (χ1n) is 12.6. The molecule has 1 N–H and O–H groups in total. The molecule has 1 aliphatic rings. The predicted octanol–water partition coefficient (Wildman–Crippen LogP) is 5.57. The van der Waals surface area contributed by atoms with Crippen LogP contribution in [-0.4, -0.2) is 41.8 Å². The minimum absolute atomic E-state index is 0.0336. The van der Waals surface area contributed by atoms with Crippen LogP contribution in [-0.2, 0) is 16.1 Å². The zero-order chi connectivity index (χ0) is 25.7. The lowest BCUT2D eigenvalue weighted by atomic mass is 10.1. The molecule has 0 aromatic heterocycles. The minimum Gasteiger partial charge on any atom is -0.354 e. The number of hydrogen-bond donors (Lipinski definition) is 1. The summed E-state index contributed by atoms with van der Waals surface area (Å²) in [6, 6.07) is 18.4. The molecule has 1 atom stereocenters. The average Bonchev–Trinajstić information content (AvgIpc) is 3.15. The van der Waals surface area contributed by atoms with Gasteiger partial charge in [0.1, 0.15) is 6.04 Å². The summed E-state index contributed by atoms with van der Waals surface area (Å²) < 4.78 is 0. The van der Waals surface area contributed by atoms with Crippen LogP contribution in [0.15, 0.2) is 60.7 Å². The lowest BCUT2D eigenvalue weighted by Gasteiger charge is -2.29. The van der Waals surface area contributed by atoms with E-state index in [1.54, 1.807) is 22.8 Å². The molecule has 36 heavy (non-hydrogen) atoms. The second kappa shape index (κ2) is 11.6. The van der Waals surface area contributed by atoms with E-state index < -0.39 is 6.04 Å². The van der Waals surface area contributed by atoms with E-state index in [1.165, 1.54) is 0 Å².